The minimum atomic E-state index is -0.178. The zero-order valence-electron chi connectivity index (χ0n) is 13.4. The molecule has 2 aromatic rings. The SMILES string of the molecule is CCOc1ccc(-c2nc(C(=O)NCC(C)CCO)cs2)cc1. The number of nitrogens with zero attached hydrogens (tertiary/aromatic N) is 1. The predicted octanol–water partition coefficient (Wildman–Crippen LogP) is 2.96. The minimum Gasteiger partial charge on any atom is -0.494 e. The van der Waals surface area contributed by atoms with Crippen molar-refractivity contribution in [1.29, 1.82) is 0 Å². The molecular weight excluding hydrogens is 312 g/mol. The highest BCUT2D eigenvalue weighted by Gasteiger charge is 2.12. The first kappa shape index (κ1) is 17.4. The zero-order valence-corrected chi connectivity index (χ0v) is 14.2. The number of aromatic nitrogens is 1. The Kier molecular flexibility index (Phi) is 6.55. The summed E-state index contributed by atoms with van der Waals surface area (Å²) in [5.41, 5.74) is 1.39. The highest BCUT2D eigenvalue weighted by atomic mass is 32.1. The van der Waals surface area contributed by atoms with E-state index in [0.29, 0.717) is 25.3 Å². The van der Waals surface area contributed by atoms with E-state index in [4.69, 9.17) is 9.84 Å². The molecule has 2 rings (SSSR count). The molecule has 5 nitrogen and oxygen atoms in total. The first-order chi connectivity index (χ1) is 11.1. The van der Waals surface area contributed by atoms with Crippen LogP contribution in [0.3, 0.4) is 0 Å². The summed E-state index contributed by atoms with van der Waals surface area (Å²) in [5, 5.41) is 14.3. The molecule has 0 aliphatic carbocycles. The summed E-state index contributed by atoms with van der Waals surface area (Å²) in [7, 11) is 0. The molecule has 1 atom stereocenters. The number of aliphatic hydroxyl groups excluding tert-OH is 1. The number of rotatable bonds is 8. The number of thiazole rings is 1. The maximum atomic E-state index is 12.1. The third kappa shape index (κ3) is 5.04. The Morgan fingerprint density at radius 1 is 1.39 bits per heavy atom. The molecule has 0 radical (unpaired) electrons. The van der Waals surface area contributed by atoms with Crippen LogP contribution >= 0.6 is 11.3 Å². The van der Waals surface area contributed by atoms with Gasteiger partial charge in [0.15, 0.2) is 0 Å². The van der Waals surface area contributed by atoms with Gasteiger partial charge in [0.2, 0.25) is 0 Å². The molecule has 124 valence electrons. The van der Waals surface area contributed by atoms with Gasteiger partial charge in [0.25, 0.3) is 5.91 Å². The Morgan fingerprint density at radius 3 is 2.78 bits per heavy atom. The summed E-state index contributed by atoms with van der Waals surface area (Å²) in [6, 6.07) is 7.68. The van der Waals surface area contributed by atoms with Crippen LogP contribution in [0.2, 0.25) is 0 Å². The molecule has 6 heteroatoms. The van der Waals surface area contributed by atoms with E-state index in [1.165, 1.54) is 11.3 Å². The molecule has 0 saturated carbocycles. The Balaban J connectivity index is 1.98. The number of ether oxygens (including phenoxy) is 1. The summed E-state index contributed by atoms with van der Waals surface area (Å²) in [6.07, 6.45) is 0.675. The molecule has 1 aromatic heterocycles. The van der Waals surface area contributed by atoms with Crippen molar-refractivity contribution in [3.63, 3.8) is 0 Å². The number of carbonyl (C=O) groups excluding carboxylic acids is 1. The molecule has 0 aliphatic rings. The van der Waals surface area contributed by atoms with Crippen LogP contribution in [-0.2, 0) is 0 Å². The van der Waals surface area contributed by atoms with Crippen molar-refractivity contribution in [2.75, 3.05) is 19.8 Å². The van der Waals surface area contributed by atoms with Crippen LogP contribution in [0.4, 0.5) is 0 Å². The molecule has 0 bridgehead atoms. The monoisotopic (exact) mass is 334 g/mol. The van der Waals surface area contributed by atoms with Crippen LogP contribution < -0.4 is 10.1 Å². The van der Waals surface area contributed by atoms with Gasteiger partial charge in [-0.1, -0.05) is 6.92 Å². The smallest absolute Gasteiger partial charge is 0.270 e. The maximum Gasteiger partial charge on any atom is 0.270 e. The van der Waals surface area contributed by atoms with E-state index in [-0.39, 0.29) is 18.4 Å². The van der Waals surface area contributed by atoms with Gasteiger partial charge in [-0.2, -0.15) is 0 Å². The van der Waals surface area contributed by atoms with Crippen LogP contribution in [0, 0.1) is 5.92 Å². The van der Waals surface area contributed by atoms with Gasteiger partial charge >= 0.3 is 0 Å². The predicted molar refractivity (Wildman–Crippen MR) is 91.9 cm³/mol. The van der Waals surface area contributed by atoms with Crippen LogP contribution in [0.15, 0.2) is 29.6 Å². The van der Waals surface area contributed by atoms with Gasteiger partial charge in [-0.15, -0.1) is 11.3 Å². The lowest BCUT2D eigenvalue weighted by atomic mass is 10.1. The summed E-state index contributed by atoms with van der Waals surface area (Å²) < 4.78 is 5.42. The number of amides is 1. The second-order valence-corrected chi connectivity index (χ2v) is 6.18. The molecule has 0 spiro atoms. The Bertz CT molecular complexity index is 625. The summed E-state index contributed by atoms with van der Waals surface area (Å²) in [5.74, 6) is 0.889. The Labute approximate surface area is 140 Å². The molecule has 1 aromatic carbocycles. The van der Waals surface area contributed by atoms with Crippen molar-refractivity contribution in [3.8, 4) is 16.3 Å². The van der Waals surface area contributed by atoms with Gasteiger partial charge in [0.1, 0.15) is 16.5 Å². The lowest BCUT2D eigenvalue weighted by Crippen LogP contribution is -2.28. The molecular formula is C17H22N2O3S. The van der Waals surface area contributed by atoms with Gasteiger partial charge in [0, 0.05) is 24.1 Å². The summed E-state index contributed by atoms with van der Waals surface area (Å²) in [6.45, 7) is 5.24. The third-order valence-corrected chi connectivity index (χ3v) is 4.27. The first-order valence-corrected chi connectivity index (χ1v) is 8.59. The molecule has 1 unspecified atom stereocenters. The van der Waals surface area contributed by atoms with E-state index < -0.39 is 0 Å². The lowest BCUT2D eigenvalue weighted by Gasteiger charge is -2.09. The topological polar surface area (TPSA) is 71.5 Å². The van der Waals surface area contributed by atoms with E-state index in [1.54, 1.807) is 5.38 Å². The van der Waals surface area contributed by atoms with Gasteiger partial charge in [-0.3, -0.25) is 4.79 Å². The number of nitrogens with one attached hydrogen (secondary N) is 1. The van der Waals surface area contributed by atoms with Crippen molar-refractivity contribution in [2.45, 2.75) is 20.3 Å². The number of hydrogen-bond acceptors (Lipinski definition) is 5. The standard InChI is InChI=1S/C17H22N2O3S/c1-3-22-14-6-4-13(5-7-14)17-19-15(11-23-17)16(21)18-10-12(2)8-9-20/h4-7,11-12,20H,3,8-10H2,1-2H3,(H,18,21). The van der Waals surface area contributed by atoms with Gasteiger partial charge < -0.3 is 15.2 Å². The molecule has 2 N–H and O–H groups in total. The van der Waals surface area contributed by atoms with Crippen molar-refractivity contribution in [2.24, 2.45) is 5.92 Å². The van der Waals surface area contributed by atoms with Gasteiger partial charge in [0.05, 0.1) is 6.61 Å². The molecule has 1 amide bonds. The molecule has 1 heterocycles. The van der Waals surface area contributed by atoms with Crippen LogP contribution in [0.25, 0.3) is 10.6 Å². The Hall–Kier alpha value is -1.92. The van der Waals surface area contributed by atoms with Crippen molar-refractivity contribution in [3.05, 3.63) is 35.3 Å². The van der Waals surface area contributed by atoms with Crippen LogP contribution in [-0.4, -0.2) is 35.8 Å². The van der Waals surface area contributed by atoms with E-state index >= 15 is 0 Å². The van der Waals surface area contributed by atoms with Crippen molar-refractivity contribution >= 4 is 17.2 Å². The number of benzene rings is 1. The second kappa shape index (κ2) is 8.64. The summed E-state index contributed by atoms with van der Waals surface area (Å²) in [4.78, 5) is 16.5. The van der Waals surface area contributed by atoms with Gasteiger partial charge in [-0.05, 0) is 43.5 Å². The largest absolute Gasteiger partial charge is 0.494 e. The highest BCUT2D eigenvalue weighted by Crippen LogP contribution is 2.25. The summed E-state index contributed by atoms with van der Waals surface area (Å²) >= 11 is 1.44. The van der Waals surface area contributed by atoms with Crippen molar-refractivity contribution < 1.29 is 14.6 Å². The average Bonchev–Trinajstić information content (AvgIpc) is 3.04. The molecule has 23 heavy (non-hydrogen) atoms. The van der Waals surface area contributed by atoms with Gasteiger partial charge in [-0.25, -0.2) is 4.98 Å². The maximum absolute atomic E-state index is 12.1. The molecule has 0 aliphatic heterocycles. The first-order valence-electron chi connectivity index (χ1n) is 7.71. The zero-order chi connectivity index (χ0) is 16.7. The molecule has 0 saturated heterocycles. The number of aliphatic hydroxyl groups is 1. The van der Waals surface area contributed by atoms with E-state index in [9.17, 15) is 4.79 Å². The highest BCUT2D eigenvalue weighted by molar-refractivity contribution is 7.13. The third-order valence-electron chi connectivity index (χ3n) is 3.38. The van der Waals surface area contributed by atoms with Crippen LogP contribution in [0.1, 0.15) is 30.8 Å². The number of carbonyl (C=O) groups is 1. The van der Waals surface area contributed by atoms with Crippen molar-refractivity contribution in [1.82, 2.24) is 10.3 Å². The average molecular weight is 334 g/mol. The minimum absolute atomic E-state index is 0.135. The fraction of sp³-hybridized carbons (Fsp3) is 0.412. The fourth-order valence-electron chi connectivity index (χ4n) is 2.05. The van der Waals surface area contributed by atoms with E-state index in [1.807, 2.05) is 38.1 Å². The quantitative estimate of drug-likeness (QED) is 0.778. The second-order valence-electron chi connectivity index (χ2n) is 5.32. The van der Waals surface area contributed by atoms with E-state index in [0.717, 1.165) is 16.3 Å². The number of hydrogen-bond donors (Lipinski definition) is 2. The molecule has 0 fully saturated rings. The lowest BCUT2D eigenvalue weighted by molar-refractivity contribution is 0.0941. The Morgan fingerprint density at radius 2 is 2.13 bits per heavy atom. The normalized spacial score (nSPS) is 12.0. The fourth-order valence-corrected chi connectivity index (χ4v) is 2.86. The van der Waals surface area contributed by atoms with E-state index in [2.05, 4.69) is 10.3 Å². The van der Waals surface area contributed by atoms with Crippen LogP contribution in [0.5, 0.6) is 5.75 Å².